The van der Waals surface area contributed by atoms with Gasteiger partial charge in [0.15, 0.2) is 0 Å². The van der Waals surface area contributed by atoms with Crippen molar-refractivity contribution in [3.63, 3.8) is 0 Å². The van der Waals surface area contributed by atoms with Gasteiger partial charge in [-0.1, -0.05) is 30.3 Å². The Hall–Kier alpha value is -2.92. The molecule has 12 heteroatoms. The Morgan fingerprint density at radius 2 is 1.68 bits per heavy atom. The molecule has 4 N–H and O–H groups in total. The summed E-state index contributed by atoms with van der Waals surface area (Å²) in [4.78, 5) is 17.8. The van der Waals surface area contributed by atoms with Crippen molar-refractivity contribution >= 4 is 45.1 Å². The fraction of sp³-hybridized carbons (Fsp3) is 0.308. The normalized spacial score (nSPS) is 13.7. The molecule has 0 spiro atoms. The van der Waals surface area contributed by atoms with E-state index in [1.165, 1.54) is 0 Å². The average Bonchev–Trinajstić information content (AvgIpc) is 3.28. The minimum Gasteiger partial charge on any atom is -0.413 e. The van der Waals surface area contributed by atoms with Crippen molar-refractivity contribution < 1.29 is 22.4 Å². The Kier molecular flexibility index (Phi) is 8.46. The van der Waals surface area contributed by atoms with Crippen molar-refractivity contribution in [3.8, 4) is 5.75 Å². The Bertz CT molecular complexity index is 1590. The van der Waals surface area contributed by atoms with Gasteiger partial charge in [0.25, 0.3) is 0 Å². The molecule has 38 heavy (non-hydrogen) atoms. The van der Waals surface area contributed by atoms with Crippen LogP contribution < -0.4 is 19.2 Å². The summed E-state index contributed by atoms with van der Waals surface area (Å²) in [6.45, 7) is 0.587. The van der Waals surface area contributed by atoms with Crippen LogP contribution >= 0.6 is 7.75 Å². The average molecular weight is 560 g/mol. The third-order valence-corrected chi connectivity index (χ3v) is 8.75. The van der Waals surface area contributed by atoms with Gasteiger partial charge in [-0.2, -0.15) is 0 Å². The Morgan fingerprint density at radius 3 is 2.42 bits per heavy atom. The summed E-state index contributed by atoms with van der Waals surface area (Å²) in [6.07, 6.45) is 2.61. The van der Waals surface area contributed by atoms with Crippen molar-refractivity contribution in [2.75, 3.05) is 52.7 Å². The van der Waals surface area contributed by atoms with Gasteiger partial charge in [0.05, 0.1) is 4.90 Å². The highest BCUT2D eigenvalue weighted by Crippen LogP contribution is 2.42. The van der Waals surface area contributed by atoms with Gasteiger partial charge in [-0.25, -0.2) is 22.8 Å². The van der Waals surface area contributed by atoms with Gasteiger partial charge in [0.1, 0.15) is 5.75 Å². The highest BCUT2D eigenvalue weighted by molar-refractivity contribution is 7.89. The zero-order valence-electron chi connectivity index (χ0n) is 21.9. The molecule has 0 aliphatic rings. The lowest BCUT2D eigenvalue weighted by molar-refractivity contribution is 0.366. The van der Waals surface area contributed by atoms with Gasteiger partial charge in [-0.3, -0.25) is 0 Å². The van der Waals surface area contributed by atoms with Crippen LogP contribution in [0.4, 0.5) is 5.69 Å². The molecular formula is C26H34N5O5PS. The maximum atomic E-state index is 13.1. The molecule has 0 saturated heterocycles. The maximum absolute atomic E-state index is 13.1. The number of fused-ring (bicyclic) bond motifs is 2. The van der Waals surface area contributed by atoms with Crippen LogP contribution in [0.5, 0.6) is 5.75 Å². The predicted molar refractivity (Wildman–Crippen MR) is 152 cm³/mol. The molecule has 0 fully saturated rings. The second-order valence-corrected chi connectivity index (χ2v) is 12.8. The largest absolute Gasteiger partial charge is 0.456 e. The van der Waals surface area contributed by atoms with E-state index in [4.69, 9.17) is 4.52 Å². The fourth-order valence-corrected chi connectivity index (χ4v) is 6.48. The molecule has 0 amide bonds. The quantitative estimate of drug-likeness (QED) is 0.153. The molecule has 0 aliphatic heterocycles. The molecule has 0 radical (unpaired) electrons. The summed E-state index contributed by atoms with van der Waals surface area (Å²) in [6, 6.07) is 15.9. The van der Waals surface area contributed by atoms with Crippen molar-refractivity contribution in [2.24, 2.45) is 0 Å². The zero-order chi connectivity index (χ0) is 27.5. The molecule has 204 valence electrons. The van der Waals surface area contributed by atoms with Gasteiger partial charge >= 0.3 is 7.75 Å². The van der Waals surface area contributed by atoms with E-state index in [9.17, 15) is 17.9 Å². The van der Waals surface area contributed by atoms with Crippen molar-refractivity contribution in [3.05, 3.63) is 66.4 Å². The second-order valence-electron chi connectivity index (χ2n) is 9.49. The van der Waals surface area contributed by atoms with E-state index in [0.29, 0.717) is 5.39 Å². The molecule has 0 bridgehead atoms. The topological polar surface area (TPSA) is 127 Å². The molecular weight excluding hydrogens is 525 g/mol. The van der Waals surface area contributed by atoms with E-state index in [-0.39, 0.29) is 23.7 Å². The number of rotatable bonds is 12. The number of anilines is 1. The molecule has 0 aliphatic carbocycles. The fourth-order valence-electron chi connectivity index (χ4n) is 4.35. The number of nitrogens with zero attached hydrogens (tertiary/aromatic N) is 2. The van der Waals surface area contributed by atoms with Crippen LogP contribution in [0.25, 0.3) is 21.7 Å². The molecule has 1 unspecified atom stereocenters. The first kappa shape index (κ1) is 28.1. The van der Waals surface area contributed by atoms with Gasteiger partial charge in [0.2, 0.25) is 10.0 Å². The highest BCUT2D eigenvalue weighted by atomic mass is 32.2. The van der Waals surface area contributed by atoms with Crippen LogP contribution in [0.15, 0.2) is 65.7 Å². The molecule has 4 rings (SSSR count). The van der Waals surface area contributed by atoms with Crippen molar-refractivity contribution in [1.82, 2.24) is 19.7 Å². The molecule has 0 saturated carbocycles. The highest BCUT2D eigenvalue weighted by Gasteiger charge is 2.24. The Balaban J connectivity index is 1.43. The van der Waals surface area contributed by atoms with Crippen LogP contribution in [-0.2, 0) is 21.0 Å². The maximum Gasteiger partial charge on any atom is 0.456 e. The number of hydrogen-bond donors (Lipinski definition) is 4. The smallest absolute Gasteiger partial charge is 0.413 e. The van der Waals surface area contributed by atoms with Crippen LogP contribution in [-0.4, -0.2) is 71.0 Å². The van der Waals surface area contributed by atoms with E-state index in [1.807, 2.05) is 63.6 Å². The lowest BCUT2D eigenvalue weighted by Crippen LogP contribution is -2.31. The summed E-state index contributed by atoms with van der Waals surface area (Å²) < 4.78 is 47.0. The first-order valence-electron chi connectivity index (χ1n) is 12.2. The third-order valence-electron chi connectivity index (χ3n) is 6.16. The number of nitrogens with one attached hydrogen (secondary N) is 3. The minimum atomic E-state index is -4.28. The second kappa shape index (κ2) is 11.4. The number of aromatic amines is 1. The van der Waals surface area contributed by atoms with Crippen LogP contribution in [0.2, 0.25) is 0 Å². The summed E-state index contributed by atoms with van der Waals surface area (Å²) >= 11 is 0. The van der Waals surface area contributed by atoms with Crippen LogP contribution in [0.1, 0.15) is 5.56 Å². The molecule has 4 aromatic rings. The predicted octanol–water partition coefficient (Wildman–Crippen LogP) is 3.54. The Labute approximate surface area is 223 Å². The minimum absolute atomic E-state index is 0.109. The van der Waals surface area contributed by atoms with Crippen molar-refractivity contribution in [2.45, 2.75) is 11.3 Å². The van der Waals surface area contributed by atoms with E-state index in [1.54, 1.807) is 30.3 Å². The summed E-state index contributed by atoms with van der Waals surface area (Å²) in [5.41, 5.74) is 2.68. The lowest BCUT2D eigenvalue weighted by Gasteiger charge is -2.18. The van der Waals surface area contributed by atoms with Gasteiger partial charge in [-0.05, 0) is 50.3 Å². The first-order chi connectivity index (χ1) is 18.0. The van der Waals surface area contributed by atoms with Gasteiger partial charge < -0.3 is 24.2 Å². The Morgan fingerprint density at radius 1 is 0.974 bits per heavy atom. The molecule has 1 heterocycles. The van der Waals surface area contributed by atoms with E-state index >= 15 is 0 Å². The van der Waals surface area contributed by atoms with Crippen LogP contribution in [0.3, 0.4) is 0 Å². The van der Waals surface area contributed by atoms with E-state index in [2.05, 4.69) is 19.7 Å². The summed E-state index contributed by atoms with van der Waals surface area (Å²) in [5, 5.41) is 4.62. The number of benzene rings is 3. The number of hydrogen-bond acceptors (Lipinski definition) is 6. The van der Waals surface area contributed by atoms with Gasteiger partial charge in [0, 0.05) is 67.3 Å². The van der Waals surface area contributed by atoms with Gasteiger partial charge in [-0.15, -0.1) is 0 Å². The molecule has 1 atom stereocenters. The summed E-state index contributed by atoms with van der Waals surface area (Å²) in [7, 11) is -0.395. The number of aromatic nitrogens is 1. The lowest BCUT2D eigenvalue weighted by atomic mass is 10.1. The number of H-pyrrole nitrogens is 1. The van der Waals surface area contributed by atoms with E-state index in [0.717, 1.165) is 40.5 Å². The number of likely N-dealkylation sites (N-methyl/N-ethyl adjacent to an activating group) is 1. The standard InChI is InChI=1S/C26H34N5O5PS/c1-30(2)17-14-19-18-27-22-10-7-12-24(26(19)22)36-37(32,33)28-15-16-29-38(34,35)25-13-6-8-20-21(25)9-5-11-23(20)31(3)4/h5-13,18,27,29H,14-17H2,1-4H3,(H2,28,32,33). The SMILES string of the molecule is CN(C)CCc1c[nH]c2cccc(OP(=O)(O)NCCNS(=O)(=O)c3cccc4c(N(C)C)cccc34)c12. The molecule has 3 aromatic carbocycles. The van der Waals surface area contributed by atoms with Crippen molar-refractivity contribution in [1.29, 1.82) is 0 Å². The third kappa shape index (κ3) is 6.37. The monoisotopic (exact) mass is 559 g/mol. The summed E-state index contributed by atoms with van der Waals surface area (Å²) in [5.74, 6) is 0.281. The molecule has 10 nitrogen and oxygen atoms in total. The van der Waals surface area contributed by atoms with E-state index < -0.39 is 17.8 Å². The first-order valence-corrected chi connectivity index (χ1v) is 15.2. The van der Waals surface area contributed by atoms with Crippen LogP contribution in [0, 0.1) is 0 Å². The molecule has 1 aromatic heterocycles. The zero-order valence-corrected chi connectivity index (χ0v) is 23.6. The number of sulfonamides is 1.